The van der Waals surface area contributed by atoms with E-state index in [0.717, 1.165) is 33.9 Å². The lowest BCUT2D eigenvalue weighted by Gasteiger charge is -2.09. The average Bonchev–Trinajstić information content (AvgIpc) is 3.48. The molecule has 5 heteroatoms. The molecule has 2 N–H and O–H groups in total. The van der Waals surface area contributed by atoms with Crippen molar-refractivity contribution in [1.29, 1.82) is 0 Å². The van der Waals surface area contributed by atoms with Crippen LogP contribution in [0.4, 0.5) is 0 Å². The Kier molecular flexibility index (Phi) is 4.90. The summed E-state index contributed by atoms with van der Waals surface area (Å²) < 4.78 is 0. The van der Waals surface area contributed by atoms with E-state index in [1.807, 2.05) is 48.5 Å². The van der Waals surface area contributed by atoms with Crippen molar-refractivity contribution in [3.63, 3.8) is 0 Å². The highest BCUT2D eigenvalue weighted by Crippen LogP contribution is 2.39. The zero-order valence-corrected chi connectivity index (χ0v) is 15.6. The Morgan fingerprint density at radius 2 is 1.78 bits per heavy atom. The lowest BCUT2D eigenvalue weighted by Crippen LogP contribution is -2.13. The van der Waals surface area contributed by atoms with Gasteiger partial charge >= 0.3 is 0 Å². The van der Waals surface area contributed by atoms with Crippen molar-refractivity contribution < 1.29 is 4.79 Å². The highest BCUT2D eigenvalue weighted by Gasteiger charge is 2.26. The number of carbonyl (C=O) groups excluding carboxylic acids is 1. The molecule has 0 aliphatic heterocycles. The number of halogens is 1. The normalized spacial score (nSPS) is 13.5. The van der Waals surface area contributed by atoms with Crippen LogP contribution in [0.1, 0.15) is 41.3 Å². The van der Waals surface area contributed by atoms with Crippen LogP contribution >= 0.6 is 11.6 Å². The van der Waals surface area contributed by atoms with Crippen molar-refractivity contribution in [3.8, 4) is 11.4 Å². The molecule has 0 bridgehead atoms. The molecule has 27 heavy (non-hydrogen) atoms. The van der Waals surface area contributed by atoms with Crippen molar-refractivity contribution in [1.82, 2.24) is 9.97 Å². The SMILES string of the molecule is NC(=O)Cc1ccc(Cc2cc(C3CC3)nc(-c3cccc(Cl)c3)n2)cc1. The predicted octanol–water partition coefficient (Wildman–Crippen LogP) is 4.29. The fourth-order valence-corrected chi connectivity index (χ4v) is 3.33. The number of amides is 1. The minimum atomic E-state index is -0.321. The van der Waals surface area contributed by atoms with Gasteiger partial charge < -0.3 is 5.73 Å². The maximum atomic E-state index is 11.0. The number of carbonyl (C=O) groups is 1. The summed E-state index contributed by atoms with van der Waals surface area (Å²) in [5.41, 5.74) is 10.4. The molecule has 1 aromatic heterocycles. The number of hydrogen-bond donors (Lipinski definition) is 1. The zero-order valence-electron chi connectivity index (χ0n) is 14.9. The molecule has 136 valence electrons. The first-order valence-electron chi connectivity index (χ1n) is 9.07. The van der Waals surface area contributed by atoms with Gasteiger partial charge in [-0.2, -0.15) is 0 Å². The largest absolute Gasteiger partial charge is 0.369 e. The second-order valence-corrected chi connectivity index (χ2v) is 7.47. The molecule has 3 aromatic rings. The molecule has 0 unspecified atom stereocenters. The molecular formula is C22H20ClN3O. The number of hydrogen-bond acceptors (Lipinski definition) is 3. The van der Waals surface area contributed by atoms with Gasteiger partial charge in [-0.05, 0) is 42.2 Å². The van der Waals surface area contributed by atoms with Gasteiger partial charge in [0.15, 0.2) is 5.82 Å². The van der Waals surface area contributed by atoms with Crippen LogP contribution in [0.2, 0.25) is 5.02 Å². The highest BCUT2D eigenvalue weighted by atomic mass is 35.5. The van der Waals surface area contributed by atoms with Gasteiger partial charge in [0.25, 0.3) is 0 Å². The van der Waals surface area contributed by atoms with E-state index in [2.05, 4.69) is 6.07 Å². The summed E-state index contributed by atoms with van der Waals surface area (Å²) in [4.78, 5) is 20.6. The van der Waals surface area contributed by atoms with Crippen LogP contribution in [-0.4, -0.2) is 15.9 Å². The predicted molar refractivity (Wildman–Crippen MR) is 107 cm³/mol. The summed E-state index contributed by atoms with van der Waals surface area (Å²) in [5.74, 6) is 0.948. The second-order valence-electron chi connectivity index (χ2n) is 7.03. The minimum absolute atomic E-state index is 0.262. The van der Waals surface area contributed by atoms with Gasteiger partial charge in [0, 0.05) is 34.3 Å². The number of rotatable bonds is 6. The Hall–Kier alpha value is -2.72. The number of primary amides is 1. The summed E-state index contributed by atoms with van der Waals surface area (Å²) in [6, 6.07) is 17.7. The quantitative estimate of drug-likeness (QED) is 0.696. The smallest absolute Gasteiger partial charge is 0.221 e. The van der Waals surface area contributed by atoms with E-state index >= 15 is 0 Å². The molecule has 4 nitrogen and oxygen atoms in total. The molecule has 0 spiro atoms. The molecule has 2 aromatic carbocycles. The van der Waals surface area contributed by atoms with Gasteiger partial charge in [-0.25, -0.2) is 9.97 Å². The summed E-state index contributed by atoms with van der Waals surface area (Å²) in [7, 11) is 0. The number of nitrogens with two attached hydrogens (primary N) is 1. The van der Waals surface area contributed by atoms with Gasteiger partial charge in [0.1, 0.15) is 0 Å². The molecule has 0 saturated heterocycles. The van der Waals surface area contributed by atoms with E-state index in [0.29, 0.717) is 17.4 Å². The summed E-state index contributed by atoms with van der Waals surface area (Å²) in [6.45, 7) is 0. The van der Waals surface area contributed by atoms with Crippen molar-refractivity contribution in [2.45, 2.75) is 31.6 Å². The minimum Gasteiger partial charge on any atom is -0.369 e. The van der Waals surface area contributed by atoms with Crippen LogP contribution in [-0.2, 0) is 17.6 Å². The zero-order chi connectivity index (χ0) is 18.8. The third kappa shape index (κ3) is 4.52. The molecule has 1 aliphatic rings. The molecule has 0 atom stereocenters. The van der Waals surface area contributed by atoms with Crippen molar-refractivity contribution in [2.75, 3.05) is 0 Å². The average molecular weight is 378 g/mol. The van der Waals surface area contributed by atoms with Crippen molar-refractivity contribution in [2.24, 2.45) is 5.73 Å². The van der Waals surface area contributed by atoms with Crippen LogP contribution in [0.3, 0.4) is 0 Å². The van der Waals surface area contributed by atoms with E-state index in [9.17, 15) is 4.79 Å². The second kappa shape index (κ2) is 7.49. The first-order chi connectivity index (χ1) is 13.1. The number of benzene rings is 2. The molecule has 4 rings (SSSR count). The Balaban J connectivity index is 1.63. The third-order valence-electron chi connectivity index (χ3n) is 4.66. The van der Waals surface area contributed by atoms with Gasteiger partial charge in [0.2, 0.25) is 5.91 Å². The fourth-order valence-electron chi connectivity index (χ4n) is 3.14. The maximum absolute atomic E-state index is 11.0. The summed E-state index contributed by atoms with van der Waals surface area (Å²) in [6.07, 6.45) is 3.35. The van der Waals surface area contributed by atoms with Gasteiger partial charge in [0.05, 0.1) is 6.42 Å². The van der Waals surface area contributed by atoms with E-state index in [4.69, 9.17) is 27.3 Å². The van der Waals surface area contributed by atoms with Crippen molar-refractivity contribution >= 4 is 17.5 Å². The molecule has 1 fully saturated rings. The Morgan fingerprint density at radius 3 is 2.44 bits per heavy atom. The summed E-state index contributed by atoms with van der Waals surface area (Å²) in [5, 5.41) is 0.680. The lowest BCUT2D eigenvalue weighted by molar-refractivity contribution is -0.117. The molecular weight excluding hydrogens is 358 g/mol. The lowest BCUT2D eigenvalue weighted by atomic mass is 10.0. The summed E-state index contributed by atoms with van der Waals surface area (Å²) >= 11 is 6.14. The van der Waals surface area contributed by atoms with E-state index in [1.165, 1.54) is 12.8 Å². The van der Waals surface area contributed by atoms with Crippen LogP contribution in [0, 0.1) is 0 Å². The Bertz CT molecular complexity index is 981. The van der Waals surface area contributed by atoms with Crippen LogP contribution in [0.5, 0.6) is 0 Å². The Labute approximate surface area is 163 Å². The monoisotopic (exact) mass is 377 g/mol. The fraction of sp³-hybridized carbons (Fsp3) is 0.227. The van der Waals surface area contributed by atoms with Gasteiger partial charge in [-0.3, -0.25) is 4.79 Å². The van der Waals surface area contributed by atoms with E-state index in [1.54, 1.807) is 0 Å². The first kappa shape index (κ1) is 17.7. The molecule has 1 heterocycles. The topological polar surface area (TPSA) is 68.9 Å². The highest BCUT2D eigenvalue weighted by molar-refractivity contribution is 6.30. The molecule has 1 aliphatic carbocycles. The van der Waals surface area contributed by atoms with Crippen LogP contribution < -0.4 is 5.73 Å². The maximum Gasteiger partial charge on any atom is 0.221 e. The van der Waals surface area contributed by atoms with Crippen molar-refractivity contribution in [3.05, 3.63) is 82.1 Å². The Morgan fingerprint density at radius 1 is 1.04 bits per heavy atom. The van der Waals surface area contributed by atoms with E-state index in [-0.39, 0.29) is 12.3 Å². The van der Waals surface area contributed by atoms with Crippen LogP contribution in [0.15, 0.2) is 54.6 Å². The molecule has 1 saturated carbocycles. The molecule has 0 radical (unpaired) electrons. The molecule has 1 amide bonds. The number of aromatic nitrogens is 2. The standard InChI is InChI=1S/C22H20ClN3O/c23-18-3-1-2-17(12-18)22-25-19(13-20(26-22)16-8-9-16)10-14-4-6-15(7-5-14)11-21(24)27/h1-7,12-13,16H,8-11H2,(H2,24,27). The first-order valence-corrected chi connectivity index (χ1v) is 9.44. The van der Waals surface area contributed by atoms with Gasteiger partial charge in [-0.15, -0.1) is 0 Å². The number of nitrogens with zero attached hydrogens (tertiary/aromatic N) is 2. The van der Waals surface area contributed by atoms with Gasteiger partial charge in [-0.1, -0.05) is 48.0 Å². The third-order valence-corrected chi connectivity index (χ3v) is 4.90. The van der Waals surface area contributed by atoms with E-state index < -0.39 is 0 Å². The van der Waals surface area contributed by atoms with Crippen LogP contribution in [0.25, 0.3) is 11.4 Å².